The van der Waals surface area contributed by atoms with E-state index in [2.05, 4.69) is 10.6 Å². The molecule has 0 unspecified atom stereocenters. The molecule has 0 bridgehead atoms. The smallest absolute Gasteiger partial charge is 0.408 e. The number of aromatic nitrogens is 1. The molecular formula is C36H44N4O8. The van der Waals surface area contributed by atoms with Gasteiger partial charge in [-0.05, 0) is 51.2 Å². The van der Waals surface area contributed by atoms with Gasteiger partial charge in [0.05, 0.1) is 24.9 Å². The second-order valence-corrected chi connectivity index (χ2v) is 14.6. The fraction of sp³-hybridized carbons (Fsp3) is 0.472. The number of carboxylic acids is 1. The Kier molecular flexibility index (Phi) is 9.31. The number of pyridine rings is 1. The number of ether oxygens (including phenoxy) is 3. The van der Waals surface area contributed by atoms with Gasteiger partial charge in [-0.3, -0.25) is 9.59 Å². The lowest BCUT2D eigenvalue weighted by molar-refractivity contribution is -0.146. The predicted molar refractivity (Wildman–Crippen MR) is 179 cm³/mol. The van der Waals surface area contributed by atoms with Gasteiger partial charge in [0, 0.05) is 29.5 Å². The number of rotatable bonds is 9. The summed E-state index contributed by atoms with van der Waals surface area (Å²) in [5, 5.41) is 15.9. The third-order valence-electron chi connectivity index (χ3n) is 8.49. The van der Waals surface area contributed by atoms with E-state index in [9.17, 15) is 24.3 Å². The van der Waals surface area contributed by atoms with Gasteiger partial charge in [-0.25, -0.2) is 14.6 Å². The third kappa shape index (κ3) is 7.64. The van der Waals surface area contributed by atoms with Crippen LogP contribution in [0.2, 0.25) is 0 Å². The second kappa shape index (κ2) is 13.0. The van der Waals surface area contributed by atoms with Crippen LogP contribution in [0.5, 0.6) is 11.5 Å². The number of fused-ring (bicyclic) bond motifs is 1. The molecule has 3 N–H and O–H groups in total. The average Bonchev–Trinajstić information content (AvgIpc) is 3.68. The maximum Gasteiger partial charge on any atom is 0.408 e. The summed E-state index contributed by atoms with van der Waals surface area (Å²) in [7, 11) is 1.58. The van der Waals surface area contributed by atoms with Crippen molar-refractivity contribution in [1.29, 1.82) is 0 Å². The molecule has 3 amide bonds. The van der Waals surface area contributed by atoms with Gasteiger partial charge in [-0.2, -0.15) is 0 Å². The summed E-state index contributed by atoms with van der Waals surface area (Å²) in [4.78, 5) is 59.1. The Morgan fingerprint density at radius 1 is 1.00 bits per heavy atom. The van der Waals surface area contributed by atoms with E-state index >= 15 is 0 Å². The van der Waals surface area contributed by atoms with Crippen LogP contribution in [-0.2, 0) is 19.1 Å². The molecule has 2 aliphatic rings. The topological polar surface area (TPSA) is 156 Å². The van der Waals surface area contributed by atoms with Crippen molar-refractivity contribution in [3.05, 3.63) is 54.6 Å². The number of hydrogen-bond acceptors (Lipinski definition) is 8. The van der Waals surface area contributed by atoms with E-state index in [1.54, 1.807) is 54.7 Å². The number of carbonyl (C=O) groups is 4. The van der Waals surface area contributed by atoms with Gasteiger partial charge in [0.15, 0.2) is 0 Å². The Bertz CT molecular complexity index is 1710. The van der Waals surface area contributed by atoms with Crippen molar-refractivity contribution >= 4 is 34.8 Å². The first-order valence-electron chi connectivity index (χ1n) is 16.1. The first-order valence-corrected chi connectivity index (χ1v) is 16.1. The number of nitrogens with one attached hydrogen (secondary N) is 2. The van der Waals surface area contributed by atoms with E-state index in [4.69, 9.17) is 19.2 Å². The van der Waals surface area contributed by atoms with E-state index < -0.39 is 58.6 Å². The van der Waals surface area contributed by atoms with Crippen molar-refractivity contribution in [2.75, 3.05) is 13.7 Å². The molecule has 2 aromatic carbocycles. The van der Waals surface area contributed by atoms with Crippen LogP contribution >= 0.6 is 0 Å². The zero-order valence-corrected chi connectivity index (χ0v) is 28.5. The van der Waals surface area contributed by atoms with Gasteiger partial charge in [0.1, 0.15) is 40.8 Å². The summed E-state index contributed by atoms with van der Waals surface area (Å²) < 4.78 is 17.5. The van der Waals surface area contributed by atoms with Crippen molar-refractivity contribution in [2.45, 2.75) is 90.1 Å². The Morgan fingerprint density at radius 2 is 1.69 bits per heavy atom. The van der Waals surface area contributed by atoms with Gasteiger partial charge in [0.2, 0.25) is 11.8 Å². The van der Waals surface area contributed by atoms with E-state index in [1.165, 1.54) is 4.90 Å². The number of alkyl carbamates (subject to hydrolysis) is 1. The lowest BCUT2D eigenvalue weighted by Gasteiger charge is -2.35. The van der Waals surface area contributed by atoms with Crippen molar-refractivity contribution in [3.63, 3.8) is 0 Å². The minimum Gasteiger partial charge on any atom is -0.497 e. The Balaban J connectivity index is 1.49. The highest BCUT2D eigenvalue weighted by molar-refractivity contribution is 5.96. The van der Waals surface area contributed by atoms with Crippen molar-refractivity contribution in [3.8, 4) is 22.8 Å². The molecule has 3 aromatic rings. The predicted octanol–water partition coefficient (Wildman–Crippen LogP) is 4.93. The minimum atomic E-state index is -1.35. The van der Waals surface area contributed by atoms with Gasteiger partial charge in [-0.15, -0.1) is 0 Å². The maximum absolute atomic E-state index is 14.3. The van der Waals surface area contributed by atoms with E-state index in [-0.39, 0.29) is 13.0 Å². The molecule has 1 aromatic heterocycles. The van der Waals surface area contributed by atoms with Gasteiger partial charge in [0.25, 0.3) is 0 Å². The lowest BCUT2D eigenvalue weighted by atomic mass is 9.85. The summed E-state index contributed by atoms with van der Waals surface area (Å²) in [6.07, 6.45) is -0.721. The molecule has 1 aliphatic heterocycles. The van der Waals surface area contributed by atoms with Crippen molar-refractivity contribution in [2.24, 2.45) is 5.41 Å². The molecular weight excluding hydrogens is 616 g/mol. The van der Waals surface area contributed by atoms with Crippen molar-refractivity contribution < 1.29 is 38.5 Å². The number of hydrogen-bond donors (Lipinski definition) is 3. The van der Waals surface area contributed by atoms with Crippen LogP contribution in [-0.4, -0.2) is 81.8 Å². The number of amides is 3. The van der Waals surface area contributed by atoms with E-state index in [1.807, 2.05) is 48.5 Å². The number of methoxy groups -OCH3 is 1. The molecule has 12 nitrogen and oxygen atoms in total. The highest BCUT2D eigenvalue weighted by Crippen LogP contribution is 2.38. The summed E-state index contributed by atoms with van der Waals surface area (Å²) in [6.45, 7) is 10.6. The number of likely N-dealkylation sites (tertiary alicyclic amines) is 1. The van der Waals surface area contributed by atoms with Crippen LogP contribution in [0.4, 0.5) is 4.79 Å². The zero-order chi connectivity index (χ0) is 35.0. The average molecular weight is 661 g/mol. The van der Waals surface area contributed by atoms with Crippen molar-refractivity contribution in [1.82, 2.24) is 20.5 Å². The van der Waals surface area contributed by atoms with Gasteiger partial charge >= 0.3 is 12.1 Å². The molecule has 5 rings (SSSR count). The quantitative estimate of drug-likeness (QED) is 0.290. The SMILES string of the molecule is COc1ccc2c(O[C@@H]3C[C@@H](C(=O)NC4(C(=O)O)CC4)N(C(=O)[C@@H](NC(=O)OC(C)(C)C)C(C)(C)C)C3)cc(-c3ccccc3)nc2c1. The van der Waals surface area contributed by atoms with Crippen LogP contribution in [0.25, 0.3) is 22.2 Å². The molecule has 48 heavy (non-hydrogen) atoms. The van der Waals surface area contributed by atoms with Crippen LogP contribution in [0.15, 0.2) is 54.6 Å². The van der Waals surface area contributed by atoms with Crippen LogP contribution in [0.1, 0.15) is 60.8 Å². The van der Waals surface area contributed by atoms with Gasteiger partial charge < -0.3 is 34.9 Å². The Labute approximate surface area is 280 Å². The van der Waals surface area contributed by atoms with Crippen LogP contribution in [0.3, 0.4) is 0 Å². The van der Waals surface area contributed by atoms with Gasteiger partial charge in [-0.1, -0.05) is 51.1 Å². The third-order valence-corrected chi connectivity index (χ3v) is 8.49. The molecule has 0 spiro atoms. The Hall–Kier alpha value is -4.87. The molecule has 2 fully saturated rings. The van der Waals surface area contributed by atoms with E-state index in [0.717, 1.165) is 5.56 Å². The zero-order valence-electron chi connectivity index (χ0n) is 28.5. The molecule has 3 atom stereocenters. The normalized spacial score (nSPS) is 19.3. The number of benzene rings is 2. The van der Waals surface area contributed by atoms with Crippen LogP contribution in [0, 0.1) is 5.41 Å². The number of carboxylic acid groups (broad SMARTS) is 1. The first-order chi connectivity index (χ1) is 22.5. The molecule has 0 radical (unpaired) electrons. The maximum atomic E-state index is 14.3. The molecule has 12 heteroatoms. The molecule has 1 aliphatic carbocycles. The summed E-state index contributed by atoms with van der Waals surface area (Å²) in [6, 6.07) is 14.8. The second-order valence-electron chi connectivity index (χ2n) is 14.6. The minimum absolute atomic E-state index is 0.0141. The largest absolute Gasteiger partial charge is 0.497 e. The molecule has 1 saturated carbocycles. The summed E-state index contributed by atoms with van der Waals surface area (Å²) in [5.41, 5.74) is -0.741. The number of aliphatic carboxylic acids is 1. The fourth-order valence-electron chi connectivity index (χ4n) is 5.79. The molecule has 1 saturated heterocycles. The highest BCUT2D eigenvalue weighted by Gasteiger charge is 2.54. The lowest BCUT2D eigenvalue weighted by Crippen LogP contribution is -2.59. The molecule has 2 heterocycles. The fourth-order valence-corrected chi connectivity index (χ4v) is 5.79. The monoisotopic (exact) mass is 660 g/mol. The Morgan fingerprint density at radius 3 is 2.27 bits per heavy atom. The van der Waals surface area contributed by atoms with Crippen LogP contribution < -0.4 is 20.1 Å². The highest BCUT2D eigenvalue weighted by atomic mass is 16.6. The first kappa shape index (κ1) is 34.5. The molecule has 256 valence electrons. The van der Waals surface area contributed by atoms with E-state index in [0.29, 0.717) is 40.9 Å². The summed E-state index contributed by atoms with van der Waals surface area (Å²) in [5.74, 6) is -1.09. The summed E-state index contributed by atoms with van der Waals surface area (Å²) >= 11 is 0. The standard InChI is InChI=1S/C36H44N4O8/c1-34(2,3)29(38-33(45)48-35(4,5)6)31(42)40-20-23(18-27(40)30(41)39-36(15-16-36)32(43)44)47-28-19-25(21-11-9-8-10-12-21)37-26-17-22(46-7)13-14-24(26)28/h8-14,17,19,23,27,29H,15-16,18,20H2,1-7H3,(H,38,45)(H,39,41)(H,43,44)/t23-,27+,29-/m1/s1. The number of carbonyl (C=O) groups excluding carboxylic acids is 3. The number of nitrogens with zero attached hydrogens (tertiary/aromatic N) is 2.